The molecule has 3 heteroatoms. The summed E-state index contributed by atoms with van der Waals surface area (Å²) in [6.07, 6.45) is 7.28. The maximum atomic E-state index is 11.8. The van der Waals surface area contributed by atoms with Crippen LogP contribution in [0.3, 0.4) is 0 Å². The number of rotatable bonds is 3. The first-order chi connectivity index (χ1) is 10.2. The van der Waals surface area contributed by atoms with Crippen molar-refractivity contribution in [2.24, 2.45) is 0 Å². The topological polar surface area (TPSA) is 42.0 Å². The maximum absolute atomic E-state index is 11.8. The number of carbonyl (C=O) groups excluding carboxylic acids is 1. The second-order valence-electron chi connectivity index (χ2n) is 5.46. The average Bonchev–Trinajstić information content (AvgIpc) is 2.94. The van der Waals surface area contributed by atoms with Gasteiger partial charge in [0, 0.05) is 31.4 Å². The lowest BCUT2D eigenvalue weighted by Gasteiger charge is -2.07. The van der Waals surface area contributed by atoms with Gasteiger partial charge in [0.25, 0.3) is 0 Å². The van der Waals surface area contributed by atoms with Crippen molar-refractivity contribution in [1.82, 2.24) is 10.3 Å². The molecule has 1 N–H and O–H groups in total. The standard InChI is InChI=1S/C18H18N2O/c1-12-3-5-13(6-4-12)7-15-10-20-11-16-8-14(9-17(15)16)18(21)19-2/h3-6,9-11H,7-8H2,1-2H3,(H,19,21). The van der Waals surface area contributed by atoms with E-state index in [0.29, 0.717) is 6.42 Å². The third-order valence-corrected chi connectivity index (χ3v) is 3.89. The number of nitrogens with one attached hydrogen (secondary N) is 1. The molecule has 0 bridgehead atoms. The summed E-state index contributed by atoms with van der Waals surface area (Å²) in [5.41, 5.74) is 6.80. The van der Waals surface area contributed by atoms with Gasteiger partial charge in [0.05, 0.1) is 0 Å². The summed E-state index contributed by atoms with van der Waals surface area (Å²) in [6, 6.07) is 8.54. The summed E-state index contributed by atoms with van der Waals surface area (Å²) in [4.78, 5) is 16.1. The Hall–Kier alpha value is -2.42. The fraction of sp³-hybridized carbons (Fsp3) is 0.222. The lowest BCUT2D eigenvalue weighted by Crippen LogP contribution is -2.19. The van der Waals surface area contributed by atoms with Gasteiger partial charge in [-0.15, -0.1) is 0 Å². The lowest BCUT2D eigenvalue weighted by atomic mass is 9.99. The van der Waals surface area contributed by atoms with Gasteiger partial charge in [-0.05, 0) is 41.7 Å². The van der Waals surface area contributed by atoms with E-state index >= 15 is 0 Å². The van der Waals surface area contributed by atoms with Gasteiger partial charge in [0.2, 0.25) is 5.91 Å². The Morgan fingerprint density at radius 2 is 2.00 bits per heavy atom. The van der Waals surface area contributed by atoms with Crippen molar-refractivity contribution in [3.05, 3.63) is 70.0 Å². The van der Waals surface area contributed by atoms with E-state index in [1.54, 1.807) is 7.05 Å². The van der Waals surface area contributed by atoms with Gasteiger partial charge in [-0.1, -0.05) is 29.8 Å². The zero-order chi connectivity index (χ0) is 14.8. The Morgan fingerprint density at radius 1 is 1.24 bits per heavy atom. The highest BCUT2D eigenvalue weighted by Crippen LogP contribution is 2.28. The summed E-state index contributed by atoms with van der Waals surface area (Å²) in [5, 5.41) is 2.69. The van der Waals surface area contributed by atoms with Crippen LogP contribution in [0.15, 0.2) is 42.2 Å². The molecule has 1 aliphatic rings. The van der Waals surface area contributed by atoms with Crippen molar-refractivity contribution >= 4 is 12.0 Å². The van der Waals surface area contributed by atoms with E-state index in [-0.39, 0.29) is 5.91 Å². The molecule has 0 saturated carbocycles. The van der Waals surface area contributed by atoms with Gasteiger partial charge in [-0.3, -0.25) is 9.78 Å². The van der Waals surface area contributed by atoms with E-state index in [0.717, 1.165) is 23.1 Å². The monoisotopic (exact) mass is 278 g/mol. The van der Waals surface area contributed by atoms with E-state index in [1.807, 2.05) is 18.5 Å². The van der Waals surface area contributed by atoms with Crippen LogP contribution >= 0.6 is 0 Å². The van der Waals surface area contributed by atoms with E-state index in [2.05, 4.69) is 41.5 Å². The van der Waals surface area contributed by atoms with Gasteiger partial charge in [0.15, 0.2) is 0 Å². The van der Waals surface area contributed by atoms with Crippen LogP contribution in [0.5, 0.6) is 0 Å². The Morgan fingerprint density at radius 3 is 2.71 bits per heavy atom. The number of benzene rings is 1. The fourth-order valence-electron chi connectivity index (χ4n) is 2.69. The number of amides is 1. The molecule has 0 aliphatic heterocycles. The number of fused-ring (bicyclic) bond motifs is 1. The molecular weight excluding hydrogens is 260 g/mol. The molecule has 0 atom stereocenters. The van der Waals surface area contributed by atoms with E-state index in [9.17, 15) is 4.79 Å². The fourth-order valence-corrected chi connectivity index (χ4v) is 2.69. The summed E-state index contributed by atoms with van der Waals surface area (Å²) in [7, 11) is 1.66. The highest BCUT2D eigenvalue weighted by molar-refractivity contribution is 6.00. The van der Waals surface area contributed by atoms with Crippen LogP contribution in [0.2, 0.25) is 0 Å². The van der Waals surface area contributed by atoms with Crippen LogP contribution in [-0.4, -0.2) is 17.9 Å². The van der Waals surface area contributed by atoms with Gasteiger partial charge in [0.1, 0.15) is 0 Å². The molecule has 3 nitrogen and oxygen atoms in total. The Labute approximate surface area is 124 Å². The highest BCUT2D eigenvalue weighted by atomic mass is 16.1. The number of pyridine rings is 1. The highest BCUT2D eigenvalue weighted by Gasteiger charge is 2.20. The number of carbonyl (C=O) groups is 1. The molecule has 21 heavy (non-hydrogen) atoms. The van der Waals surface area contributed by atoms with Gasteiger partial charge in [-0.2, -0.15) is 0 Å². The summed E-state index contributed by atoms with van der Waals surface area (Å²) >= 11 is 0. The quantitative estimate of drug-likeness (QED) is 0.938. The molecule has 1 aromatic carbocycles. The van der Waals surface area contributed by atoms with Crippen LogP contribution in [0.1, 0.15) is 27.8 Å². The molecule has 1 aromatic heterocycles. The van der Waals surface area contributed by atoms with E-state index in [4.69, 9.17) is 0 Å². The molecule has 1 amide bonds. The Bertz CT molecular complexity index is 714. The number of aromatic nitrogens is 1. The van der Waals surface area contributed by atoms with Crippen molar-refractivity contribution in [3.8, 4) is 0 Å². The number of hydrogen-bond acceptors (Lipinski definition) is 2. The van der Waals surface area contributed by atoms with Crippen molar-refractivity contribution in [2.45, 2.75) is 19.8 Å². The third kappa shape index (κ3) is 2.72. The minimum atomic E-state index is -0.00696. The number of likely N-dealkylation sites (N-methyl/N-ethyl adjacent to an activating group) is 1. The SMILES string of the molecule is CNC(=O)C1=Cc2c(cncc2Cc2ccc(C)cc2)C1. The molecule has 0 fully saturated rings. The van der Waals surface area contributed by atoms with E-state index < -0.39 is 0 Å². The number of hydrogen-bond donors (Lipinski definition) is 1. The molecule has 0 saturated heterocycles. The zero-order valence-corrected chi connectivity index (χ0v) is 12.3. The van der Waals surface area contributed by atoms with Gasteiger partial charge < -0.3 is 5.32 Å². The predicted octanol–water partition coefficient (Wildman–Crippen LogP) is 2.67. The molecule has 106 valence electrons. The van der Waals surface area contributed by atoms with Crippen LogP contribution in [-0.2, 0) is 17.6 Å². The minimum Gasteiger partial charge on any atom is -0.355 e. The largest absolute Gasteiger partial charge is 0.355 e. The molecule has 1 aliphatic carbocycles. The molecule has 3 rings (SSSR count). The zero-order valence-electron chi connectivity index (χ0n) is 12.3. The van der Waals surface area contributed by atoms with Gasteiger partial charge >= 0.3 is 0 Å². The normalized spacial score (nSPS) is 12.8. The first-order valence-corrected chi connectivity index (χ1v) is 7.11. The second-order valence-corrected chi connectivity index (χ2v) is 5.46. The summed E-state index contributed by atoms with van der Waals surface area (Å²) in [6.45, 7) is 2.09. The molecule has 1 heterocycles. The Kier molecular flexibility index (Phi) is 3.57. The maximum Gasteiger partial charge on any atom is 0.247 e. The van der Waals surface area contributed by atoms with Gasteiger partial charge in [-0.25, -0.2) is 0 Å². The third-order valence-electron chi connectivity index (χ3n) is 3.89. The first-order valence-electron chi connectivity index (χ1n) is 7.11. The lowest BCUT2D eigenvalue weighted by molar-refractivity contribution is -0.117. The number of aryl methyl sites for hydroxylation is 1. The summed E-state index contributed by atoms with van der Waals surface area (Å²) < 4.78 is 0. The van der Waals surface area contributed by atoms with Crippen LogP contribution in [0, 0.1) is 6.92 Å². The molecule has 0 unspecified atom stereocenters. The first kappa shape index (κ1) is 13.6. The molecule has 2 aromatic rings. The van der Waals surface area contributed by atoms with Crippen LogP contribution in [0.25, 0.3) is 6.08 Å². The smallest absolute Gasteiger partial charge is 0.247 e. The second kappa shape index (κ2) is 5.52. The minimum absolute atomic E-state index is 0.00696. The summed E-state index contributed by atoms with van der Waals surface area (Å²) in [5.74, 6) is -0.00696. The molecule has 0 spiro atoms. The average molecular weight is 278 g/mol. The van der Waals surface area contributed by atoms with Crippen molar-refractivity contribution in [2.75, 3.05) is 7.05 Å². The molecular formula is C18H18N2O. The van der Waals surface area contributed by atoms with Crippen molar-refractivity contribution in [3.63, 3.8) is 0 Å². The molecule has 0 radical (unpaired) electrons. The van der Waals surface area contributed by atoms with E-state index in [1.165, 1.54) is 16.7 Å². The van der Waals surface area contributed by atoms with Crippen LogP contribution < -0.4 is 5.32 Å². The Balaban J connectivity index is 1.92. The predicted molar refractivity (Wildman–Crippen MR) is 84.0 cm³/mol. The van der Waals surface area contributed by atoms with Crippen molar-refractivity contribution < 1.29 is 4.79 Å². The van der Waals surface area contributed by atoms with Crippen molar-refractivity contribution in [1.29, 1.82) is 0 Å². The number of nitrogens with zero attached hydrogens (tertiary/aromatic N) is 1. The van der Waals surface area contributed by atoms with Crippen LogP contribution in [0.4, 0.5) is 0 Å².